The fourth-order valence-electron chi connectivity index (χ4n) is 1.68. The predicted octanol–water partition coefficient (Wildman–Crippen LogP) is 1.15. The SMILES string of the molecule is CN[C@H]1NC=C(Cl)C=C1CCC(C=N)CN. The summed E-state index contributed by atoms with van der Waals surface area (Å²) in [6.45, 7) is 0.526. The Bertz CT molecular complexity index is 298. The van der Waals surface area contributed by atoms with Crippen LogP contribution in [0.25, 0.3) is 0 Å². The van der Waals surface area contributed by atoms with Crippen LogP contribution in [0.3, 0.4) is 0 Å². The monoisotopic (exact) mass is 242 g/mol. The van der Waals surface area contributed by atoms with Gasteiger partial charge in [0.2, 0.25) is 0 Å². The average Bonchev–Trinajstić information content (AvgIpc) is 2.30. The lowest BCUT2D eigenvalue weighted by Crippen LogP contribution is -2.40. The molecule has 0 fully saturated rings. The van der Waals surface area contributed by atoms with Crippen molar-refractivity contribution in [2.24, 2.45) is 11.7 Å². The summed E-state index contributed by atoms with van der Waals surface area (Å²) in [6, 6.07) is 0. The van der Waals surface area contributed by atoms with Crippen LogP contribution in [0.4, 0.5) is 0 Å². The van der Waals surface area contributed by atoms with E-state index in [0.29, 0.717) is 11.6 Å². The number of hydrogen-bond acceptors (Lipinski definition) is 4. The van der Waals surface area contributed by atoms with Gasteiger partial charge < -0.3 is 16.5 Å². The first-order valence-electron chi connectivity index (χ1n) is 5.41. The zero-order valence-electron chi connectivity index (χ0n) is 9.46. The van der Waals surface area contributed by atoms with E-state index in [2.05, 4.69) is 10.6 Å². The molecule has 16 heavy (non-hydrogen) atoms. The van der Waals surface area contributed by atoms with Crippen molar-refractivity contribution in [3.05, 3.63) is 22.9 Å². The summed E-state index contributed by atoms with van der Waals surface area (Å²) >= 11 is 5.94. The molecule has 0 saturated heterocycles. The van der Waals surface area contributed by atoms with E-state index >= 15 is 0 Å². The zero-order chi connectivity index (χ0) is 12.0. The molecule has 1 aliphatic heterocycles. The zero-order valence-corrected chi connectivity index (χ0v) is 10.2. The molecule has 0 radical (unpaired) electrons. The van der Waals surface area contributed by atoms with E-state index in [1.54, 1.807) is 6.20 Å². The number of dihydropyridines is 1. The van der Waals surface area contributed by atoms with Crippen molar-refractivity contribution < 1.29 is 0 Å². The van der Waals surface area contributed by atoms with E-state index in [-0.39, 0.29) is 12.1 Å². The molecule has 0 spiro atoms. The second-order valence-electron chi connectivity index (χ2n) is 3.84. The minimum Gasteiger partial charge on any atom is -0.371 e. The van der Waals surface area contributed by atoms with Crippen LogP contribution in [0.1, 0.15) is 12.8 Å². The number of nitrogens with one attached hydrogen (secondary N) is 3. The highest BCUT2D eigenvalue weighted by molar-refractivity contribution is 6.31. The van der Waals surface area contributed by atoms with Gasteiger partial charge in [0.05, 0.1) is 11.2 Å². The highest BCUT2D eigenvalue weighted by Crippen LogP contribution is 2.20. The highest BCUT2D eigenvalue weighted by Gasteiger charge is 2.15. The third kappa shape index (κ3) is 3.63. The standard InChI is InChI=1S/C11H19ClN4/c1-15-11-9(4-10(12)7-16-11)3-2-8(5-13)6-14/h4-5,7-8,11,13,15-16H,2-3,6,14H2,1H3/t8?,11-/m0/s1. The van der Waals surface area contributed by atoms with E-state index in [4.69, 9.17) is 22.7 Å². The van der Waals surface area contributed by atoms with E-state index in [1.807, 2.05) is 13.1 Å². The molecule has 5 N–H and O–H groups in total. The lowest BCUT2D eigenvalue weighted by molar-refractivity contribution is 0.531. The Morgan fingerprint density at radius 1 is 1.75 bits per heavy atom. The van der Waals surface area contributed by atoms with Gasteiger partial charge in [-0.05, 0) is 37.8 Å². The normalized spacial score (nSPS) is 21.8. The first-order valence-corrected chi connectivity index (χ1v) is 5.79. The molecule has 5 heteroatoms. The molecule has 1 unspecified atom stereocenters. The maximum absolute atomic E-state index is 7.22. The number of halogens is 1. The number of allylic oxidation sites excluding steroid dienone is 2. The largest absolute Gasteiger partial charge is 0.371 e. The van der Waals surface area contributed by atoms with E-state index in [9.17, 15) is 0 Å². The Labute approximate surface area is 101 Å². The molecule has 0 aromatic rings. The number of rotatable bonds is 6. The molecule has 90 valence electrons. The van der Waals surface area contributed by atoms with Gasteiger partial charge in [0, 0.05) is 18.7 Å². The lowest BCUT2D eigenvalue weighted by atomic mass is 9.97. The van der Waals surface area contributed by atoms with E-state index in [0.717, 1.165) is 12.8 Å². The van der Waals surface area contributed by atoms with Gasteiger partial charge in [-0.15, -0.1) is 0 Å². The summed E-state index contributed by atoms with van der Waals surface area (Å²) in [4.78, 5) is 0. The predicted molar refractivity (Wildman–Crippen MR) is 68.6 cm³/mol. The van der Waals surface area contributed by atoms with Crippen molar-refractivity contribution in [2.45, 2.75) is 19.0 Å². The summed E-state index contributed by atoms with van der Waals surface area (Å²) < 4.78 is 0. The van der Waals surface area contributed by atoms with Gasteiger partial charge in [-0.2, -0.15) is 0 Å². The number of hydrogen-bond donors (Lipinski definition) is 4. The lowest BCUT2D eigenvalue weighted by Gasteiger charge is -2.24. The van der Waals surface area contributed by atoms with Crippen LogP contribution >= 0.6 is 11.6 Å². The minimum atomic E-state index is 0.131. The van der Waals surface area contributed by atoms with Crippen LogP contribution in [0.15, 0.2) is 22.9 Å². The van der Waals surface area contributed by atoms with Gasteiger partial charge in [-0.1, -0.05) is 11.6 Å². The summed E-state index contributed by atoms with van der Waals surface area (Å²) in [5.74, 6) is 0.156. The molecular formula is C11H19ClN4. The average molecular weight is 243 g/mol. The van der Waals surface area contributed by atoms with Crippen molar-refractivity contribution >= 4 is 17.8 Å². The summed E-state index contributed by atoms with van der Waals surface area (Å²) in [7, 11) is 1.90. The molecule has 1 rings (SSSR count). The van der Waals surface area contributed by atoms with Crippen LogP contribution in [0, 0.1) is 11.3 Å². The van der Waals surface area contributed by atoms with Crippen molar-refractivity contribution in [1.29, 1.82) is 5.41 Å². The molecule has 2 atom stereocenters. The van der Waals surface area contributed by atoms with E-state index < -0.39 is 0 Å². The Hall–Kier alpha value is -0.840. The van der Waals surface area contributed by atoms with Gasteiger partial charge >= 0.3 is 0 Å². The quantitative estimate of drug-likeness (QED) is 0.528. The fourth-order valence-corrected chi connectivity index (χ4v) is 1.88. The van der Waals surface area contributed by atoms with Gasteiger partial charge in [0.25, 0.3) is 0 Å². The smallest absolute Gasteiger partial charge is 0.0988 e. The molecule has 1 heterocycles. The van der Waals surface area contributed by atoms with Crippen molar-refractivity contribution in [2.75, 3.05) is 13.6 Å². The van der Waals surface area contributed by atoms with Crippen LogP contribution in [-0.2, 0) is 0 Å². The van der Waals surface area contributed by atoms with Crippen LogP contribution in [-0.4, -0.2) is 26.0 Å². The summed E-state index contributed by atoms with van der Waals surface area (Å²) in [6.07, 6.45) is 7.07. The third-order valence-corrected chi connectivity index (χ3v) is 2.93. The van der Waals surface area contributed by atoms with Crippen molar-refractivity contribution in [3.8, 4) is 0 Å². The van der Waals surface area contributed by atoms with Gasteiger partial charge in [0.1, 0.15) is 0 Å². The van der Waals surface area contributed by atoms with E-state index in [1.165, 1.54) is 11.8 Å². The first kappa shape index (κ1) is 13.2. The maximum Gasteiger partial charge on any atom is 0.0988 e. The Kier molecular flexibility index (Phi) is 5.52. The molecule has 4 nitrogen and oxygen atoms in total. The van der Waals surface area contributed by atoms with Crippen molar-refractivity contribution in [1.82, 2.24) is 10.6 Å². The second kappa shape index (κ2) is 6.68. The fraction of sp³-hybridized carbons (Fsp3) is 0.545. The Balaban J connectivity index is 2.56. The first-order chi connectivity index (χ1) is 7.71. The van der Waals surface area contributed by atoms with Crippen LogP contribution < -0.4 is 16.4 Å². The van der Waals surface area contributed by atoms with Gasteiger partial charge in [0.15, 0.2) is 0 Å². The maximum atomic E-state index is 7.22. The molecule has 0 amide bonds. The topological polar surface area (TPSA) is 73.9 Å². The molecule has 0 aromatic heterocycles. The summed E-state index contributed by atoms with van der Waals surface area (Å²) in [5, 5.41) is 14.3. The molecule has 0 aliphatic carbocycles. The van der Waals surface area contributed by atoms with Crippen LogP contribution in [0.5, 0.6) is 0 Å². The molecule has 0 aromatic carbocycles. The number of likely N-dealkylation sites (N-methyl/N-ethyl adjacent to an activating group) is 1. The molecule has 0 saturated carbocycles. The van der Waals surface area contributed by atoms with Crippen molar-refractivity contribution in [3.63, 3.8) is 0 Å². The second-order valence-corrected chi connectivity index (χ2v) is 4.27. The third-order valence-electron chi connectivity index (χ3n) is 2.71. The Morgan fingerprint density at radius 3 is 3.06 bits per heavy atom. The molecule has 0 bridgehead atoms. The Morgan fingerprint density at radius 2 is 2.50 bits per heavy atom. The summed E-state index contributed by atoms with van der Waals surface area (Å²) in [5.41, 5.74) is 6.76. The minimum absolute atomic E-state index is 0.131. The molecular weight excluding hydrogens is 224 g/mol. The van der Waals surface area contributed by atoms with Crippen LogP contribution in [0.2, 0.25) is 0 Å². The number of nitrogens with two attached hydrogens (primary N) is 1. The van der Waals surface area contributed by atoms with Gasteiger partial charge in [-0.3, -0.25) is 5.32 Å². The van der Waals surface area contributed by atoms with Gasteiger partial charge in [-0.25, -0.2) is 0 Å². The highest BCUT2D eigenvalue weighted by atomic mass is 35.5. The molecule has 1 aliphatic rings.